The Morgan fingerprint density at radius 3 is 0.600 bits per heavy atom. The van der Waals surface area contributed by atoms with Crippen molar-refractivity contribution in [2.75, 3.05) is 0 Å². The first-order valence-corrected chi connectivity index (χ1v) is 25.3. The molecule has 0 amide bonds. The number of rotatable bonds is 22. The molecular weight excluding hydrogens is 1210 g/mol. The SMILES string of the molecule is CC(=O)Oc1cc(OC(C)=O)c(Oc2cc(OC(C)=O)c(Oc3cc(OC(C)=O)c(OC(C)=O)c(OC(C)=O)c3Oc3cc(OC(C)=O)c(Oc4cc(OC(C)=O)c(OC(C)=O)c(OC(C)=O)c4OC(C)=O)c(OC(C)=O)c3)c(OC(C)=O)c2)c(OC(C)=O)c1. The van der Waals surface area contributed by atoms with E-state index in [0.717, 1.165) is 145 Å². The maximum absolute atomic E-state index is 13.1. The number of hydrogen-bond donors (Lipinski definition) is 0. The molecule has 32 heteroatoms. The lowest BCUT2D eigenvalue weighted by Gasteiger charge is -2.23. The minimum Gasteiger partial charge on any atom is -0.449 e. The standard InChI is InChI=1S/C58H50O32/c1-23(59)73-37-15-40(74-24(2)60)50(41(16-37)75-25(3)61)87-38-17-42(76-26(4)62)52(43(18-38)77-27(5)63)90-49-22-47(81-31(9)67)54(83-33(11)69)58(86-36(14)72)56(49)88-39-19-44(78-28(6)64)51(45(20-39)79-29(7)65)89-48-21-46(80-30(8)66)53(82-32(10)68)57(85-35(13)71)55(48)84-34(12)70/h15-22H,1-14H3. The quantitative estimate of drug-likeness (QED) is 0.0470. The molecule has 5 aromatic carbocycles. The third kappa shape index (κ3) is 19.5. The molecule has 0 unspecified atom stereocenters. The number of hydrogen-bond acceptors (Lipinski definition) is 32. The maximum Gasteiger partial charge on any atom is 0.308 e. The molecule has 0 saturated heterocycles. The minimum absolute atomic E-state index is 0.313. The highest BCUT2D eigenvalue weighted by atomic mass is 16.6. The van der Waals surface area contributed by atoms with Crippen molar-refractivity contribution < 1.29 is 152 Å². The summed E-state index contributed by atoms with van der Waals surface area (Å²) >= 11 is 0. The largest absolute Gasteiger partial charge is 0.449 e. The van der Waals surface area contributed by atoms with Crippen LogP contribution in [0.3, 0.4) is 0 Å². The van der Waals surface area contributed by atoms with Crippen molar-refractivity contribution in [2.45, 2.75) is 96.9 Å². The van der Waals surface area contributed by atoms with Gasteiger partial charge in [-0.1, -0.05) is 0 Å². The van der Waals surface area contributed by atoms with E-state index in [9.17, 15) is 67.1 Å². The van der Waals surface area contributed by atoms with Gasteiger partial charge in [0.1, 0.15) is 17.2 Å². The molecule has 0 saturated carbocycles. The molecule has 32 nitrogen and oxygen atoms in total. The third-order valence-electron chi connectivity index (χ3n) is 9.61. The highest BCUT2D eigenvalue weighted by molar-refractivity contribution is 5.86. The van der Waals surface area contributed by atoms with Crippen molar-refractivity contribution in [1.29, 1.82) is 0 Å². The summed E-state index contributed by atoms with van der Waals surface area (Å²) < 4.78 is 99.9. The van der Waals surface area contributed by atoms with Crippen LogP contribution >= 0.6 is 0 Å². The van der Waals surface area contributed by atoms with E-state index in [0.29, 0.717) is 0 Å². The molecule has 0 N–H and O–H groups in total. The van der Waals surface area contributed by atoms with Crippen LogP contribution in [0.25, 0.3) is 0 Å². The van der Waals surface area contributed by atoms with Gasteiger partial charge >= 0.3 is 83.6 Å². The lowest BCUT2D eigenvalue weighted by Crippen LogP contribution is -2.14. The predicted molar refractivity (Wildman–Crippen MR) is 291 cm³/mol. The predicted octanol–water partition coefficient (Wildman–Crippen LogP) is 7.81. The maximum atomic E-state index is 13.1. The van der Waals surface area contributed by atoms with E-state index in [1.54, 1.807) is 0 Å². The number of benzene rings is 5. The lowest BCUT2D eigenvalue weighted by atomic mass is 10.2. The molecule has 0 atom stereocenters. The second kappa shape index (κ2) is 29.8. The van der Waals surface area contributed by atoms with Crippen LogP contribution in [0.5, 0.6) is 126 Å². The van der Waals surface area contributed by atoms with Crippen LogP contribution in [-0.4, -0.2) is 83.6 Å². The average Bonchev–Trinajstić information content (AvgIpc) is 0.857. The molecule has 474 valence electrons. The van der Waals surface area contributed by atoms with E-state index in [1.807, 2.05) is 0 Å². The van der Waals surface area contributed by atoms with Gasteiger partial charge in [-0.05, 0) is 0 Å². The highest BCUT2D eigenvalue weighted by Crippen LogP contribution is 2.58. The molecule has 90 heavy (non-hydrogen) atoms. The van der Waals surface area contributed by atoms with Gasteiger partial charge < -0.3 is 85.3 Å². The van der Waals surface area contributed by atoms with Crippen LogP contribution in [0.4, 0.5) is 0 Å². The van der Waals surface area contributed by atoms with Gasteiger partial charge in [0.15, 0.2) is 57.5 Å². The van der Waals surface area contributed by atoms with Crippen LogP contribution in [0.15, 0.2) is 48.5 Å². The van der Waals surface area contributed by atoms with Gasteiger partial charge in [-0.2, -0.15) is 0 Å². The van der Waals surface area contributed by atoms with Gasteiger partial charge in [-0.25, -0.2) is 0 Å². The highest BCUT2D eigenvalue weighted by Gasteiger charge is 2.35. The molecule has 5 rings (SSSR count). The monoisotopic (exact) mass is 1260 g/mol. The summed E-state index contributed by atoms with van der Waals surface area (Å²) in [6.07, 6.45) is 0. The van der Waals surface area contributed by atoms with E-state index in [-0.39, 0.29) is 5.75 Å². The molecule has 0 aromatic heterocycles. The summed E-state index contributed by atoms with van der Waals surface area (Å²) in [5.41, 5.74) is 0. The van der Waals surface area contributed by atoms with Crippen LogP contribution < -0.4 is 85.3 Å². The average molecular weight is 1260 g/mol. The molecule has 0 aliphatic rings. The number of ether oxygens (including phenoxy) is 18. The summed E-state index contributed by atoms with van der Waals surface area (Å²) in [5, 5.41) is 0. The molecule has 5 aromatic rings. The Kier molecular flexibility index (Phi) is 22.7. The van der Waals surface area contributed by atoms with E-state index in [4.69, 9.17) is 85.3 Å². The zero-order chi connectivity index (χ0) is 67.2. The Bertz CT molecular complexity index is 3740. The second-order valence-corrected chi connectivity index (χ2v) is 17.7. The van der Waals surface area contributed by atoms with Crippen molar-refractivity contribution in [2.24, 2.45) is 0 Å². The number of esters is 14. The van der Waals surface area contributed by atoms with Crippen molar-refractivity contribution in [1.82, 2.24) is 0 Å². The van der Waals surface area contributed by atoms with Crippen molar-refractivity contribution in [3.63, 3.8) is 0 Å². The van der Waals surface area contributed by atoms with Crippen LogP contribution in [0.1, 0.15) is 96.9 Å². The fourth-order valence-corrected chi connectivity index (χ4v) is 7.20. The third-order valence-corrected chi connectivity index (χ3v) is 9.61. The van der Waals surface area contributed by atoms with Crippen molar-refractivity contribution in [3.8, 4) is 126 Å². The molecule has 0 heterocycles. The van der Waals surface area contributed by atoms with E-state index >= 15 is 0 Å². The lowest BCUT2D eigenvalue weighted by molar-refractivity contribution is -0.136. The van der Waals surface area contributed by atoms with Gasteiger partial charge in [-0.3, -0.25) is 67.1 Å². The Balaban J connectivity index is 1.93. The number of carbonyl (C=O) groups is 14. The van der Waals surface area contributed by atoms with Crippen LogP contribution in [0.2, 0.25) is 0 Å². The topological polar surface area (TPSA) is 405 Å². The Morgan fingerprint density at radius 1 is 0.167 bits per heavy atom. The first kappa shape index (κ1) is 68.7. The van der Waals surface area contributed by atoms with E-state index in [1.165, 1.54) is 0 Å². The second-order valence-electron chi connectivity index (χ2n) is 17.7. The normalized spacial score (nSPS) is 10.3. The van der Waals surface area contributed by atoms with Gasteiger partial charge in [0.05, 0.1) is 0 Å². The fraction of sp³-hybridized carbons (Fsp3) is 0.241. The van der Waals surface area contributed by atoms with E-state index < -0.39 is 204 Å². The molecule has 0 spiro atoms. The summed E-state index contributed by atoms with van der Waals surface area (Å²) in [4.78, 5) is 177. The smallest absolute Gasteiger partial charge is 0.308 e. The molecule has 0 radical (unpaired) electrons. The van der Waals surface area contributed by atoms with Gasteiger partial charge in [-0.15, -0.1) is 0 Å². The van der Waals surface area contributed by atoms with Crippen LogP contribution in [0, 0.1) is 0 Å². The molecular formula is C58H50O32. The summed E-state index contributed by atoms with van der Waals surface area (Å²) in [6, 6.07) is 6.93. The summed E-state index contributed by atoms with van der Waals surface area (Å²) in [7, 11) is 0. The van der Waals surface area contributed by atoms with Gasteiger partial charge in [0.25, 0.3) is 0 Å². The summed E-state index contributed by atoms with van der Waals surface area (Å²) in [6.45, 7) is 12.7. The summed E-state index contributed by atoms with van der Waals surface area (Å²) in [5.74, 6) is -31.8. The van der Waals surface area contributed by atoms with Gasteiger partial charge in [0, 0.05) is 145 Å². The van der Waals surface area contributed by atoms with Crippen molar-refractivity contribution >= 4 is 83.6 Å². The number of carbonyl (C=O) groups excluding carboxylic acids is 14. The first-order chi connectivity index (χ1) is 42.1. The molecule has 0 fully saturated rings. The Hall–Kier alpha value is -12.1. The van der Waals surface area contributed by atoms with E-state index in [2.05, 4.69) is 0 Å². The molecule has 0 aliphatic carbocycles. The van der Waals surface area contributed by atoms with Crippen molar-refractivity contribution in [3.05, 3.63) is 48.5 Å². The Labute approximate surface area is 506 Å². The zero-order valence-corrected chi connectivity index (χ0v) is 49.7. The molecule has 0 bridgehead atoms. The fourth-order valence-electron chi connectivity index (χ4n) is 7.20. The Morgan fingerprint density at radius 2 is 0.344 bits per heavy atom. The molecule has 0 aliphatic heterocycles. The zero-order valence-electron chi connectivity index (χ0n) is 49.7. The first-order valence-electron chi connectivity index (χ1n) is 25.3. The van der Waals surface area contributed by atoms with Crippen LogP contribution in [-0.2, 0) is 67.1 Å². The van der Waals surface area contributed by atoms with Gasteiger partial charge in [0.2, 0.25) is 51.7 Å². The minimum atomic E-state index is -1.22.